The van der Waals surface area contributed by atoms with Crippen LogP contribution in [-0.4, -0.2) is 84.1 Å². The smallest absolute Gasteiger partial charge is 0.254 e. The van der Waals surface area contributed by atoms with Crippen LogP contribution in [0.15, 0.2) is 36.9 Å². The summed E-state index contributed by atoms with van der Waals surface area (Å²) in [5.41, 5.74) is 3.14. The van der Waals surface area contributed by atoms with Gasteiger partial charge in [0.2, 0.25) is 5.95 Å². The highest BCUT2D eigenvalue weighted by atomic mass is 16.5. The van der Waals surface area contributed by atoms with Crippen molar-refractivity contribution in [2.75, 3.05) is 50.2 Å². The number of rotatable bonds is 9. The van der Waals surface area contributed by atoms with Crippen LogP contribution in [0.2, 0.25) is 0 Å². The average Bonchev–Trinajstić information content (AvgIpc) is 2.95. The number of carbonyl (C=O) groups is 1. The van der Waals surface area contributed by atoms with Gasteiger partial charge in [-0.3, -0.25) is 9.78 Å². The molecule has 2 N–H and O–H groups in total. The Labute approximate surface area is 222 Å². The van der Waals surface area contributed by atoms with Crippen LogP contribution in [-0.2, 0) is 9.47 Å². The highest BCUT2D eigenvalue weighted by Gasteiger charge is 2.25. The van der Waals surface area contributed by atoms with Gasteiger partial charge in [0, 0.05) is 68.8 Å². The van der Waals surface area contributed by atoms with Gasteiger partial charge in [-0.1, -0.05) is 0 Å². The number of carbonyl (C=O) groups excluding carboxylic acids is 1. The molecule has 0 spiro atoms. The van der Waals surface area contributed by atoms with E-state index in [2.05, 4.69) is 47.6 Å². The summed E-state index contributed by atoms with van der Waals surface area (Å²) in [7, 11) is 1.60. The monoisotopic (exact) mass is 521 g/mol. The second kappa shape index (κ2) is 12.3. The molecular weight excluding hydrogens is 486 g/mol. The maximum absolute atomic E-state index is 12.3. The lowest BCUT2D eigenvalue weighted by atomic mass is 9.93. The first-order valence-corrected chi connectivity index (χ1v) is 13.2. The minimum atomic E-state index is -0.214. The number of morpholine rings is 1. The highest BCUT2D eigenvalue weighted by Crippen LogP contribution is 2.33. The van der Waals surface area contributed by atoms with E-state index in [1.807, 2.05) is 6.92 Å². The van der Waals surface area contributed by atoms with Crippen molar-refractivity contribution in [3.8, 4) is 5.75 Å². The number of ether oxygens (including phenoxy) is 3. The van der Waals surface area contributed by atoms with Gasteiger partial charge in [0.1, 0.15) is 11.3 Å². The average molecular weight is 522 g/mol. The van der Waals surface area contributed by atoms with Crippen LogP contribution >= 0.6 is 0 Å². The van der Waals surface area contributed by atoms with Crippen LogP contribution in [0.5, 0.6) is 5.75 Å². The lowest BCUT2D eigenvalue weighted by molar-refractivity contribution is 0.0905. The predicted molar refractivity (Wildman–Crippen MR) is 144 cm³/mol. The molecule has 1 aromatic carbocycles. The standard InChI is InChI=1S/C27H35N7O4/c1-18(17-36-2)32-26(35)19-15-30-27(31-16-19)33-20-3-5-22(6-4-20)38-24-14-21(34-9-11-37-12-10-34)13-23-25(24)29-8-7-28-23/h7-8,13-16,18,20,22H,3-6,9-12,17H2,1-2H3,(H,32,35)(H,30,31,33)/t18?,20-,22+. The highest BCUT2D eigenvalue weighted by molar-refractivity contribution is 5.93. The Bertz CT molecular complexity index is 1210. The molecule has 1 amide bonds. The van der Waals surface area contributed by atoms with Gasteiger partial charge in [-0.05, 0) is 38.7 Å². The normalized spacial score (nSPS) is 20.6. The summed E-state index contributed by atoms with van der Waals surface area (Å²) in [6, 6.07) is 4.33. The van der Waals surface area contributed by atoms with Crippen LogP contribution in [0, 0.1) is 0 Å². The molecule has 1 aliphatic carbocycles. The van der Waals surface area contributed by atoms with Gasteiger partial charge in [-0.25, -0.2) is 15.0 Å². The van der Waals surface area contributed by atoms with Gasteiger partial charge in [-0.15, -0.1) is 0 Å². The van der Waals surface area contributed by atoms with E-state index in [1.54, 1.807) is 31.9 Å². The second-order valence-corrected chi connectivity index (χ2v) is 9.83. The van der Waals surface area contributed by atoms with Crippen molar-refractivity contribution in [1.82, 2.24) is 25.3 Å². The lowest BCUT2D eigenvalue weighted by Crippen LogP contribution is -2.36. The molecule has 3 aromatic rings. The van der Waals surface area contributed by atoms with Crippen molar-refractivity contribution in [3.63, 3.8) is 0 Å². The quantitative estimate of drug-likeness (QED) is 0.434. The number of amides is 1. The Morgan fingerprint density at radius 1 is 1.08 bits per heavy atom. The number of anilines is 2. The summed E-state index contributed by atoms with van der Waals surface area (Å²) in [6.45, 7) is 5.47. The first-order chi connectivity index (χ1) is 18.6. The van der Waals surface area contributed by atoms with Crippen molar-refractivity contribution in [2.24, 2.45) is 0 Å². The van der Waals surface area contributed by atoms with E-state index in [0.717, 1.165) is 74.5 Å². The molecule has 1 atom stereocenters. The van der Waals surface area contributed by atoms with Crippen molar-refractivity contribution in [1.29, 1.82) is 0 Å². The third-order valence-electron chi connectivity index (χ3n) is 6.91. The summed E-state index contributed by atoms with van der Waals surface area (Å²) in [4.78, 5) is 32.4. The fraction of sp³-hybridized carbons (Fsp3) is 0.519. The summed E-state index contributed by atoms with van der Waals surface area (Å²) < 4.78 is 17.1. The van der Waals surface area contributed by atoms with E-state index in [-0.39, 0.29) is 24.1 Å². The molecule has 2 fully saturated rings. The molecule has 3 heterocycles. The van der Waals surface area contributed by atoms with E-state index in [4.69, 9.17) is 14.2 Å². The minimum Gasteiger partial charge on any atom is -0.488 e. The number of benzene rings is 1. The van der Waals surface area contributed by atoms with Crippen LogP contribution in [0.3, 0.4) is 0 Å². The molecule has 5 rings (SSSR count). The number of nitrogens with one attached hydrogen (secondary N) is 2. The Kier molecular flexibility index (Phi) is 8.44. The summed E-state index contributed by atoms with van der Waals surface area (Å²) >= 11 is 0. The molecule has 11 nitrogen and oxygen atoms in total. The SMILES string of the molecule is COCC(C)NC(=O)c1cnc(N[C@H]2CC[C@@H](Oc3cc(N4CCOCC4)cc4nccnc34)CC2)nc1. The number of aromatic nitrogens is 4. The molecule has 202 valence electrons. The number of hydrogen-bond acceptors (Lipinski definition) is 10. The zero-order valence-electron chi connectivity index (χ0n) is 21.9. The molecule has 11 heteroatoms. The van der Waals surface area contributed by atoms with Gasteiger partial charge in [0.15, 0.2) is 0 Å². The molecule has 2 aromatic heterocycles. The molecule has 0 radical (unpaired) electrons. The van der Waals surface area contributed by atoms with E-state index in [0.29, 0.717) is 18.1 Å². The maximum Gasteiger partial charge on any atom is 0.254 e. The zero-order valence-corrected chi connectivity index (χ0v) is 21.9. The summed E-state index contributed by atoms with van der Waals surface area (Å²) in [5, 5.41) is 6.26. The summed E-state index contributed by atoms with van der Waals surface area (Å²) in [6.07, 6.45) is 10.3. The second-order valence-electron chi connectivity index (χ2n) is 9.83. The van der Waals surface area contributed by atoms with Crippen LogP contribution in [0.4, 0.5) is 11.6 Å². The summed E-state index contributed by atoms with van der Waals surface area (Å²) in [5.74, 6) is 1.09. The molecule has 1 unspecified atom stereocenters. The zero-order chi connectivity index (χ0) is 26.3. The minimum absolute atomic E-state index is 0.0884. The third-order valence-corrected chi connectivity index (χ3v) is 6.91. The number of methoxy groups -OCH3 is 1. The van der Waals surface area contributed by atoms with Gasteiger partial charge < -0.3 is 29.7 Å². The van der Waals surface area contributed by atoms with E-state index >= 15 is 0 Å². The topological polar surface area (TPSA) is 124 Å². The van der Waals surface area contributed by atoms with Crippen molar-refractivity contribution < 1.29 is 19.0 Å². The van der Waals surface area contributed by atoms with Crippen LogP contribution < -0.4 is 20.3 Å². The van der Waals surface area contributed by atoms with Gasteiger partial charge in [-0.2, -0.15) is 0 Å². The largest absolute Gasteiger partial charge is 0.488 e. The molecule has 38 heavy (non-hydrogen) atoms. The van der Waals surface area contributed by atoms with Crippen molar-refractivity contribution in [2.45, 2.75) is 50.8 Å². The molecule has 1 aliphatic heterocycles. The fourth-order valence-corrected chi connectivity index (χ4v) is 4.93. The van der Waals surface area contributed by atoms with Gasteiger partial charge >= 0.3 is 0 Å². The van der Waals surface area contributed by atoms with E-state index < -0.39 is 0 Å². The van der Waals surface area contributed by atoms with Gasteiger partial charge in [0.05, 0.1) is 37.0 Å². The van der Waals surface area contributed by atoms with Crippen molar-refractivity contribution >= 4 is 28.6 Å². The number of fused-ring (bicyclic) bond motifs is 1. The van der Waals surface area contributed by atoms with Crippen LogP contribution in [0.25, 0.3) is 11.0 Å². The van der Waals surface area contributed by atoms with E-state index in [1.165, 1.54) is 0 Å². The predicted octanol–water partition coefficient (Wildman–Crippen LogP) is 2.82. The molecule has 1 saturated heterocycles. The molecular formula is C27H35N7O4. The van der Waals surface area contributed by atoms with Crippen molar-refractivity contribution in [3.05, 3.63) is 42.5 Å². The fourth-order valence-electron chi connectivity index (χ4n) is 4.93. The number of hydrogen-bond donors (Lipinski definition) is 2. The van der Waals surface area contributed by atoms with Gasteiger partial charge in [0.25, 0.3) is 5.91 Å². The first-order valence-electron chi connectivity index (χ1n) is 13.2. The lowest BCUT2D eigenvalue weighted by Gasteiger charge is -2.31. The Hall–Kier alpha value is -3.57. The van der Waals surface area contributed by atoms with E-state index in [9.17, 15) is 4.79 Å². The third kappa shape index (κ3) is 6.46. The first kappa shape index (κ1) is 26.1. The Balaban J connectivity index is 1.17. The van der Waals surface area contributed by atoms with Crippen LogP contribution in [0.1, 0.15) is 43.0 Å². The Morgan fingerprint density at radius 3 is 2.55 bits per heavy atom. The Morgan fingerprint density at radius 2 is 1.82 bits per heavy atom. The molecule has 2 aliphatic rings. The molecule has 1 saturated carbocycles. The number of nitrogens with zero attached hydrogens (tertiary/aromatic N) is 5. The molecule has 0 bridgehead atoms. The maximum atomic E-state index is 12.3.